The van der Waals surface area contributed by atoms with Gasteiger partial charge in [-0.3, -0.25) is 4.79 Å². The number of carbonyl (C=O) groups excluding carboxylic acids is 1. The van der Waals surface area contributed by atoms with E-state index in [0.29, 0.717) is 12.5 Å². The molecule has 0 aromatic heterocycles. The standard InChI is InChI=1S/C19H31N3O2/c1-15(2)12-20-19(23)14-22-9-7-21(8-10-22)13-17-11-16(3)5-6-18(17)24-4/h5-6,11,15H,7-10,12-14H2,1-4H3,(H,20,23)/p+2. The first-order valence-corrected chi connectivity index (χ1v) is 9.05. The maximum absolute atomic E-state index is 12.0. The Morgan fingerprint density at radius 3 is 2.50 bits per heavy atom. The highest BCUT2D eigenvalue weighted by Gasteiger charge is 2.25. The molecule has 0 radical (unpaired) electrons. The Bertz CT molecular complexity index is 537. The number of ether oxygens (including phenoxy) is 1. The summed E-state index contributed by atoms with van der Waals surface area (Å²) < 4.78 is 5.49. The van der Waals surface area contributed by atoms with Gasteiger partial charge in [-0.1, -0.05) is 25.5 Å². The van der Waals surface area contributed by atoms with E-state index in [1.807, 2.05) is 0 Å². The van der Waals surface area contributed by atoms with Crippen LogP contribution in [0.4, 0.5) is 0 Å². The Balaban J connectivity index is 1.79. The van der Waals surface area contributed by atoms with E-state index in [4.69, 9.17) is 4.74 Å². The zero-order valence-electron chi connectivity index (χ0n) is 15.6. The summed E-state index contributed by atoms with van der Waals surface area (Å²) in [6.07, 6.45) is 0. The predicted molar refractivity (Wildman–Crippen MR) is 95.5 cm³/mol. The summed E-state index contributed by atoms with van der Waals surface area (Å²) in [7, 11) is 1.74. The largest absolute Gasteiger partial charge is 0.496 e. The molecule has 0 saturated carbocycles. The summed E-state index contributed by atoms with van der Waals surface area (Å²) >= 11 is 0. The lowest BCUT2D eigenvalue weighted by Gasteiger charge is -2.29. The number of quaternary nitrogens is 2. The van der Waals surface area contributed by atoms with Crippen LogP contribution in [0.25, 0.3) is 0 Å². The fourth-order valence-corrected chi connectivity index (χ4v) is 3.23. The third kappa shape index (κ3) is 5.80. The number of carbonyl (C=O) groups is 1. The molecule has 5 nitrogen and oxygen atoms in total. The van der Waals surface area contributed by atoms with Gasteiger partial charge in [0.2, 0.25) is 0 Å². The molecular weight excluding hydrogens is 302 g/mol. The molecule has 1 amide bonds. The maximum Gasteiger partial charge on any atom is 0.275 e. The van der Waals surface area contributed by atoms with Crippen molar-refractivity contribution in [1.29, 1.82) is 0 Å². The van der Waals surface area contributed by atoms with Crippen molar-refractivity contribution in [3.8, 4) is 5.75 Å². The van der Waals surface area contributed by atoms with Gasteiger partial charge in [-0.2, -0.15) is 0 Å². The molecule has 24 heavy (non-hydrogen) atoms. The van der Waals surface area contributed by atoms with E-state index in [1.54, 1.807) is 12.0 Å². The maximum atomic E-state index is 12.0. The molecule has 1 heterocycles. The summed E-state index contributed by atoms with van der Waals surface area (Å²) in [5.74, 6) is 1.67. The third-order valence-electron chi connectivity index (χ3n) is 4.66. The van der Waals surface area contributed by atoms with Crippen LogP contribution < -0.4 is 19.9 Å². The Hall–Kier alpha value is -1.59. The normalized spacial score (nSPS) is 20.9. The molecule has 1 aliphatic rings. The topological polar surface area (TPSA) is 47.2 Å². The Morgan fingerprint density at radius 2 is 1.88 bits per heavy atom. The first-order valence-electron chi connectivity index (χ1n) is 9.05. The van der Waals surface area contributed by atoms with E-state index in [0.717, 1.165) is 45.0 Å². The monoisotopic (exact) mass is 335 g/mol. The van der Waals surface area contributed by atoms with Crippen LogP contribution in [0.1, 0.15) is 25.0 Å². The molecule has 0 unspecified atom stereocenters. The number of benzene rings is 1. The number of aryl methyl sites for hydroxylation is 1. The van der Waals surface area contributed by atoms with Gasteiger partial charge in [0.25, 0.3) is 5.91 Å². The van der Waals surface area contributed by atoms with E-state index in [9.17, 15) is 4.79 Å². The molecule has 0 spiro atoms. The zero-order chi connectivity index (χ0) is 17.5. The highest BCUT2D eigenvalue weighted by Crippen LogP contribution is 2.18. The highest BCUT2D eigenvalue weighted by molar-refractivity contribution is 5.76. The average Bonchev–Trinajstić information content (AvgIpc) is 2.55. The van der Waals surface area contributed by atoms with E-state index in [-0.39, 0.29) is 5.91 Å². The predicted octanol–water partition coefficient (Wildman–Crippen LogP) is -0.941. The molecule has 1 aromatic rings. The molecule has 0 bridgehead atoms. The molecule has 134 valence electrons. The van der Waals surface area contributed by atoms with Gasteiger partial charge in [-0.15, -0.1) is 0 Å². The van der Waals surface area contributed by atoms with Gasteiger partial charge in [-0.25, -0.2) is 0 Å². The SMILES string of the molecule is COc1ccc(C)cc1C[NH+]1CC[NH+](CC(=O)NCC(C)C)CC1. The number of amides is 1. The van der Waals surface area contributed by atoms with Crippen molar-refractivity contribution < 1.29 is 19.3 Å². The number of hydrogen-bond donors (Lipinski definition) is 3. The van der Waals surface area contributed by atoms with Crippen LogP contribution in [0, 0.1) is 12.8 Å². The molecule has 5 heteroatoms. The van der Waals surface area contributed by atoms with Gasteiger partial charge in [-0.05, 0) is 25.0 Å². The number of hydrogen-bond acceptors (Lipinski definition) is 2. The Morgan fingerprint density at radius 1 is 1.21 bits per heavy atom. The fourth-order valence-electron chi connectivity index (χ4n) is 3.23. The van der Waals surface area contributed by atoms with Crippen LogP contribution in [0.2, 0.25) is 0 Å². The second kappa shape index (κ2) is 9.04. The Kier molecular flexibility index (Phi) is 7.06. The summed E-state index contributed by atoms with van der Waals surface area (Å²) in [4.78, 5) is 14.9. The summed E-state index contributed by atoms with van der Waals surface area (Å²) in [5.41, 5.74) is 2.56. The lowest BCUT2D eigenvalue weighted by Crippen LogP contribution is -3.28. The van der Waals surface area contributed by atoms with Crippen LogP contribution in [0.3, 0.4) is 0 Å². The van der Waals surface area contributed by atoms with Crippen LogP contribution >= 0.6 is 0 Å². The molecule has 1 aromatic carbocycles. The van der Waals surface area contributed by atoms with Gasteiger partial charge in [0.15, 0.2) is 6.54 Å². The van der Waals surface area contributed by atoms with Crippen molar-refractivity contribution in [1.82, 2.24) is 5.32 Å². The van der Waals surface area contributed by atoms with Crippen molar-refractivity contribution in [2.45, 2.75) is 27.3 Å². The summed E-state index contributed by atoms with van der Waals surface area (Å²) in [6.45, 7) is 13.0. The van der Waals surface area contributed by atoms with Crippen molar-refractivity contribution in [3.63, 3.8) is 0 Å². The van der Waals surface area contributed by atoms with Crippen LogP contribution in [0.5, 0.6) is 5.75 Å². The highest BCUT2D eigenvalue weighted by atomic mass is 16.5. The fraction of sp³-hybridized carbons (Fsp3) is 0.632. The molecule has 0 atom stereocenters. The smallest absolute Gasteiger partial charge is 0.275 e. The number of methoxy groups -OCH3 is 1. The molecule has 2 rings (SSSR count). The van der Waals surface area contributed by atoms with Crippen molar-refractivity contribution >= 4 is 5.91 Å². The molecule has 0 aliphatic carbocycles. The first-order chi connectivity index (χ1) is 11.5. The van der Waals surface area contributed by atoms with Crippen LogP contribution in [-0.2, 0) is 11.3 Å². The van der Waals surface area contributed by atoms with Gasteiger partial charge in [0.05, 0.1) is 7.11 Å². The molecule has 1 saturated heterocycles. The van der Waals surface area contributed by atoms with Crippen molar-refractivity contribution in [2.75, 3.05) is 46.4 Å². The minimum atomic E-state index is 0.183. The van der Waals surface area contributed by atoms with E-state index >= 15 is 0 Å². The third-order valence-corrected chi connectivity index (χ3v) is 4.66. The van der Waals surface area contributed by atoms with Gasteiger partial charge in [0, 0.05) is 12.1 Å². The lowest BCUT2D eigenvalue weighted by molar-refractivity contribution is -1.02. The van der Waals surface area contributed by atoms with Crippen LogP contribution in [-0.4, -0.2) is 52.3 Å². The Labute approximate surface area is 146 Å². The second-order valence-corrected chi connectivity index (χ2v) is 7.37. The van der Waals surface area contributed by atoms with Gasteiger partial charge < -0.3 is 19.9 Å². The molecule has 1 aliphatic heterocycles. The number of nitrogens with one attached hydrogen (secondary N) is 3. The van der Waals surface area contributed by atoms with Crippen molar-refractivity contribution in [3.05, 3.63) is 29.3 Å². The summed E-state index contributed by atoms with van der Waals surface area (Å²) in [5, 5.41) is 3.02. The quantitative estimate of drug-likeness (QED) is 0.602. The minimum Gasteiger partial charge on any atom is -0.496 e. The van der Waals surface area contributed by atoms with Crippen LogP contribution in [0.15, 0.2) is 18.2 Å². The number of piperazine rings is 1. The molecule has 1 fully saturated rings. The molecule has 3 N–H and O–H groups in total. The first kappa shape index (κ1) is 18.7. The zero-order valence-corrected chi connectivity index (χ0v) is 15.6. The second-order valence-electron chi connectivity index (χ2n) is 7.37. The average molecular weight is 335 g/mol. The van der Waals surface area contributed by atoms with E-state index < -0.39 is 0 Å². The van der Waals surface area contributed by atoms with E-state index in [2.05, 4.69) is 44.3 Å². The minimum absolute atomic E-state index is 0.183. The lowest BCUT2D eigenvalue weighted by atomic mass is 10.1. The molecular formula is C19H33N3O2+2. The van der Waals surface area contributed by atoms with Crippen molar-refractivity contribution in [2.24, 2.45) is 5.92 Å². The van der Waals surface area contributed by atoms with Gasteiger partial charge >= 0.3 is 0 Å². The van der Waals surface area contributed by atoms with E-state index in [1.165, 1.54) is 16.0 Å². The number of rotatable bonds is 7. The summed E-state index contributed by atoms with van der Waals surface area (Å²) in [6, 6.07) is 6.38. The van der Waals surface area contributed by atoms with Gasteiger partial charge in [0.1, 0.15) is 38.5 Å².